The quantitative estimate of drug-likeness (QED) is 0.798. The van der Waals surface area contributed by atoms with Crippen LogP contribution in [0.15, 0.2) is 23.3 Å². The maximum absolute atomic E-state index is 11.3. The van der Waals surface area contributed by atoms with Crippen LogP contribution in [0.2, 0.25) is 0 Å². The fourth-order valence-corrected chi connectivity index (χ4v) is 2.12. The molecule has 0 radical (unpaired) electrons. The Bertz CT molecular complexity index is 641. The first kappa shape index (κ1) is 13.8. The van der Waals surface area contributed by atoms with Crippen LogP contribution in [0, 0.1) is 18.3 Å². The highest BCUT2D eigenvalue weighted by molar-refractivity contribution is 6.06. The predicted molar refractivity (Wildman–Crippen MR) is 77.1 cm³/mol. The van der Waals surface area contributed by atoms with Gasteiger partial charge in [0.1, 0.15) is 0 Å². The molecule has 20 heavy (non-hydrogen) atoms. The Morgan fingerprint density at radius 1 is 1.55 bits per heavy atom. The molecule has 1 aliphatic heterocycles. The minimum absolute atomic E-state index is 0.0287. The largest absolute Gasteiger partial charge is 0.325 e. The van der Waals surface area contributed by atoms with Crippen molar-refractivity contribution in [3.05, 3.63) is 29.3 Å². The number of rotatable bonds is 2. The Labute approximate surface area is 117 Å². The summed E-state index contributed by atoms with van der Waals surface area (Å²) in [5.74, 6) is 2.31. The Balaban J connectivity index is 2.37. The van der Waals surface area contributed by atoms with Crippen molar-refractivity contribution >= 4 is 23.2 Å². The molecule has 0 saturated heterocycles. The molecular weight excluding hydrogens is 254 g/mol. The number of hydrogen-bond acceptors (Lipinski definition) is 3. The minimum atomic E-state index is -0.176. The molecule has 1 unspecified atom stereocenters. The molecule has 0 saturated carbocycles. The maximum atomic E-state index is 11.3. The summed E-state index contributed by atoms with van der Waals surface area (Å²) in [5, 5.41) is 6.77. The number of carbonyl (C=O) groups is 2. The third-order valence-corrected chi connectivity index (χ3v) is 3.04. The van der Waals surface area contributed by atoms with Gasteiger partial charge in [-0.25, -0.2) is 5.43 Å². The lowest BCUT2D eigenvalue weighted by atomic mass is 9.93. The molecule has 0 aliphatic carbocycles. The second-order valence-corrected chi connectivity index (χ2v) is 4.72. The molecule has 2 amide bonds. The first-order valence-electron chi connectivity index (χ1n) is 6.26. The molecule has 102 valence electrons. The van der Waals surface area contributed by atoms with Crippen LogP contribution in [0.3, 0.4) is 0 Å². The summed E-state index contributed by atoms with van der Waals surface area (Å²) in [6.07, 6.45) is 5.87. The zero-order valence-corrected chi connectivity index (χ0v) is 11.4. The van der Waals surface area contributed by atoms with Crippen LogP contribution in [-0.4, -0.2) is 17.5 Å². The molecule has 1 aromatic rings. The zero-order valence-electron chi connectivity index (χ0n) is 11.4. The Hall–Kier alpha value is -2.61. The van der Waals surface area contributed by atoms with Gasteiger partial charge >= 0.3 is 0 Å². The molecule has 1 atom stereocenters. The van der Waals surface area contributed by atoms with Gasteiger partial charge in [-0.1, -0.05) is 18.9 Å². The monoisotopic (exact) mass is 269 g/mol. The van der Waals surface area contributed by atoms with Crippen LogP contribution in [-0.2, 0) is 9.59 Å². The van der Waals surface area contributed by atoms with E-state index in [1.165, 1.54) is 6.92 Å². The summed E-state index contributed by atoms with van der Waals surface area (Å²) < 4.78 is 0. The summed E-state index contributed by atoms with van der Waals surface area (Å²) in [5.41, 5.74) is 5.29. The van der Waals surface area contributed by atoms with Gasteiger partial charge in [-0.3, -0.25) is 9.59 Å². The molecule has 5 nitrogen and oxygen atoms in total. The SMILES string of the molecule is C#Cc1cc(C2=NNC(=O)CC2C)ccc1NC(C)=O. The van der Waals surface area contributed by atoms with E-state index in [1.807, 2.05) is 13.0 Å². The van der Waals surface area contributed by atoms with Crippen LogP contribution in [0.1, 0.15) is 31.4 Å². The highest BCUT2D eigenvalue weighted by atomic mass is 16.2. The molecule has 5 heteroatoms. The van der Waals surface area contributed by atoms with Crippen molar-refractivity contribution < 1.29 is 9.59 Å². The van der Waals surface area contributed by atoms with Crippen molar-refractivity contribution in [2.75, 3.05) is 5.32 Å². The Morgan fingerprint density at radius 3 is 2.90 bits per heavy atom. The molecule has 1 aliphatic rings. The van der Waals surface area contributed by atoms with E-state index < -0.39 is 0 Å². The first-order chi connectivity index (χ1) is 9.51. The van der Waals surface area contributed by atoms with E-state index in [4.69, 9.17) is 6.42 Å². The summed E-state index contributed by atoms with van der Waals surface area (Å²) in [7, 11) is 0. The van der Waals surface area contributed by atoms with E-state index in [0.29, 0.717) is 17.7 Å². The van der Waals surface area contributed by atoms with Crippen molar-refractivity contribution in [3.8, 4) is 12.3 Å². The highest BCUT2D eigenvalue weighted by Gasteiger charge is 2.22. The number of amides is 2. The molecule has 0 fully saturated rings. The third kappa shape index (κ3) is 2.86. The van der Waals surface area contributed by atoms with Gasteiger partial charge in [0.2, 0.25) is 11.8 Å². The van der Waals surface area contributed by atoms with E-state index in [9.17, 15) is 9.59 Å². The number of carbonyl (C=O) groups excluding carboxylic acids is 2. The zero-order chi connectivity index (χ0) is 14.7. The summed E-state index contributed by atoms with van der Waals surface area (Å²) in [6.45, 7) is 3.37. The lowest BCUT2D eigenvalue weighted by molar-refractivity contribution is -0.122. The first-order valence-corrected chi connectivity index (χ1v) is 6.26. The predicted octanol–water partition coefficient (Wildman–Crippen LogP) is 1.49. The number of hydrazone groups is 1. The van der Waals surface area contributed by atoms with Gasteiger partial charge in [0.15, 0.2) is 0 Å². The lowest BCUT2D eigenvalue weighted by Crippen LogP contribution is -2.32. The van der Waals surface area contributed by atoms with E-state index >= 15 is 0 Å². The third-order valence-electron chi connectivity index (χ3n) is 3.04. The smallest absolute Gasteiger partial charge is 0.240 e. The Kier molecular flexibility index (Phi) is 3.85. The number of terminal acetylenes is 1. The molecule has 2 N–H and O–H groups in total. The summed E-state index contributed by atoms with van der Waals surface area (Å²) in [4.78, 5) is 22.4. The van der Waals surface area contributed by atoms with Crippen molar-refractivity contribution in [3.63, 3.8) is 0 Å². The van der Waals surface area contributed by atoms with E-state index in [-0.39, 0.29) is 17.7 Å². The van der Waals surface area contributed by atoms with Gasteiger partial charge in [-0.2, -0.15) is 5.10 Å². The summed E-state index contributed by atoms with van der Waals surface area (Å²) >= 11 is 0. The van der Waals surface area contributed by atoms with Crippen molar-refractivity contribution in [1.29, 1.82) is 0 Å². The second-order valence-electron chi connectivity index (χ2n) is 4.72. The van der Waals surface area contributed by atoms with Gasteiger partial charge in [0.25, 0.3) is 0 Å². The average Bonchev–Trinajstić information content (AvgIpc) is 2.39. The molecular formula is C15H15N3O2. The van der Waals surface area contributed by atoms with Gasteiger partial charge in [-0.15, -0.1) is 6.42 Å². The minimum Gasteiger partial charge on any atom is -0.325 e. The van der Waals surface area contributed by atoms with E-state index in [2.05, 4.69) is 21.8 Å². The van der Waals surface area contributed by atoms with Crippen LogP contribution in [0.25, 0.3) is 0 Å². The fraction of sp³-hybridized carbons (Fsp3) is 0.267. The van der Waals surface area contributed by atoms with Gasteiger partial charge in [-0.05, 0) is 17.7 Å². The van der Waals surface area contributed by atoms with Crippen LogP contribution in [0.4, 0.5) is 5.69 Å². The second kappa shape index (κ2) is 5.57. The van der Waals surface area contributed by atoms with Crippen LogP contribution >= 0.6 is 0 Å². The van der Waals surface area contributed by atoms with Gasteiger partial charge < -0.3 is 5.32 Å². The molecule has 1 heterocycles. The molecule has 2 rings (SSSR count). The number of benzene rings is 1. The van der Waals surface area contributed by atoms with Crippen molar-refractivity contribution in [2.45, 2.75) is 20.3 Å². The lowest BCUT2D eigenvalue weighted by Gasteiger charge is -2.19. The van der Waals surface area contributed by atoms with Crippen LogP contribution in [0.5, 0.6) is 0 Å². The number of anilines is 1. The normalized spacial score (nSPS) is 17.8. The van der Waals surface area contributed by atoms with Crippen molar-refractivity contribution in [2.24, 2.45) is 11.0 Å². The van der Waals surface area contributed by atoms with E-state index in [1.54, 1.807) is 12.1 Å². The Morgan fingerprint density at radius 2 is 2.30 bits per heavy atom. The van der Waals surface area contributed by atoms with Crippen LogP contribution < -0.4 is 10.7 Å². The maximum Gasteiger partial charge on any atom is 0.240 e. The fourth-order valence-electron chi connectivity index (χ4n) is 2.12. The van der Waals surface area contributed by atoms with Gasteiger partial charge in [0, 0.05) is 24.8 Å². The molecule has 1 aromatic carbocycles. The topological polar surface area (TPSA) is 70.6 Å². The molecule has 0 bridgehead atoms. The molecule has 0 spiro atoms. The summed E-state index contributed by atoms with van der Waals surface area (Å²) in [6, 6.07) is 5.37. The van der Waals surface area contributed by atoms with Crippen molar-refractivity contribution in [1.82, 2.24) is 5.43 Å². The number of hydrogen-bond donors (Lipinski definition) is 2. The standard InChI is InChI=1S/C15H15N3O2/c1-4-11-8-12(5-6-13(11)16-10(3)19)15-9(2)7-14(20)17-18-15/h1,5-6,8-9H,7H2,2-3H3,(H,16,19)(H,17,20). The molecule has 0 aromatic heterocycles. The average molecular weight is 269 g/mol. The highest BCUT2D eigenvalue weighted by Crippen LogP contribution is 2.21. The van der Waals surface area contributed by atoms with Gasteiger partial charge in [0.05, 0.1) is 11.4 Å². The number of nitrogens with zero attached hydrogens (tertiary/aromatic N) is 1. The van der Waals surface area contributed by atoms with E-state index in [0.717, 1.165) is 11.3 Å². The number of nitrogens with one attached hydrogen (secondary N) is 2.